The molecule has 2 N–H and O–H groups in total. The third-order valence-electron chi connectivity index (χ3n) is 2.38. The molecule has 0 bridgehead atoms. The van der Waals surface area contributed by atoms with Gasteiger partial charge in [0.25, 0.3) is 0 Å². The molecule has 1 rings (SSSR count). The molecular formula is C12H17NO5S. The predicted molar refractivity (Wildman–Crippen MR) is 69.3 cm³/mol. The van der Waals surface area contributed by atoms with Crippen molar-refractivity contribution in [3.63, 3.8) is 0 Å². The Morgan fingerprint density at radius 2 is 2.05 bits per heavy atom. The zero-order chi connectivity index (χ0) is 14.5. The summed E-state index contributed by atoms with van der Waals surface area (Å²) in [6.07, 6.45) is 0.659. The van der Waals surface area contributed by atoms with Gasteiger partial charge in [-0.3, -0.25) is 4.79 Å². The van der Waals surface area contributed by atoms with Crippen molar-refractivity contribution in [2.24, 2.45) is 5.14 Å². The van der Waals surface area contributed by atoms with Gasteiger partial charge in [0.15, 0.2) is 0 Å². The number of rotatable bonds is 6. The number of sulfonamides is 1. The van der Waals surface area contributed by atoms with Crippen molar-refractivity contribution in [2.75, 3.05) is 13.7 Å². The number of esters is 1. The summed E-state index contributed by atoms with van der Waals surface area (Å²) in [5, 5.41) is 5.04. The topological polar surface area (TPSA) is 95.7 Å². The SMILES string of the molecule is CCCOC(=O)Cc1cc(S(N)(=O)=O)ccc1OC. The summed E-state index contributed by atoms with van der Waals surface area (Å²) in [7, 11) is -2.37. The highest BCUT2D eigenvalue weighted by atomic mass is 32.2. The lowest BCUT2D eigenvalue weighted by molar-refractivity contribution is -0.142. The Kier molecular flexibility index (Phi) is 5.31. The fourth-order valence-corrected chi connectivity index (χ4v) is 2.06. The highest BCUT2D eigenvalue weighted by Crippen LogP contribution is 2.22. The molecule has 0 radical (unpaired) electrons. The quantitative estimate of drug-likeness (QED) is 0.782. The first kappa shape index (κ1) is 15.5. The maximum atomic E-state index is 11.5. The van der Waals surface area contributed by atoms with E-state index in [4.69, 9.17) is 14.6 Å². The molecule has 0 aliphatic rings. The van der Waals surface area contributed by atoms with Gasteiger partial charge in [0.2, 0.25) is 10.0 Å². The number of methoxy groups -OCH3 is 1. The first-order valence-corrected chi connectivity index (χ1v) is 7.28. The lowest BCUT2D eigenvalue weighted by Crippen LogP contribution is -2.14. The minimum Gasteiger partial charge on any atom is -0.496 e. The summed E-state index contributed by atoms with van der Waals surface area (Å²) in [6, 6.07) is 4.11. The van der Waals surface area contributed by atoms with E-state index in [2.05, 4.69) is 0 Å². The van der Waals surface area contributed by atoms with Gasteiger partial charge in [-0.25, -0.2) is 13.6 Å². The zero-order valence-electron chi connectivity index (χ0n) is 10.9. The van der Waals surface area contributed by atoms with E-state index in [9.17, 15) is 13.2 Å². The summed E-state index contributed by atoms with van der Waals surface area (Å²) in [4.78, 5) is 11.5. The summed E-state index contributed by atoms with van der Waals surface area (Å²) < 4.78 is 32.5. The molecule has 1 aromatic rings. The summed E-state index contributed by atoms with van der Waals surface area (Å²) in [6.45, 7) is 2.21. The van der Waals surface area contributed by atoms with Crippen molar-refractivity contribution in [3.05, 3.63) is 23.8 Å². The largest absolute Gasteiger partial charge is 0.496 e. The van der Waals surface area contributed by atoms with E-state index in [0.717, 1.165) is 6.42 Å². The Hall–Kier alpha value is -1.60. The number of ether oxygens (including phenoxy) is 2. The van der Waals surface area contributed by atoms with Crippen LogP contribution in [0.15, 0.2) is 23.1 Å². The molecule has 19 heavy (non-hydrogen) atoms. The van der Waals surface area contributed by atoms with Crippen molar-refractivity contribution >= 4 is 16.0 Å². The molecule has 0 saturated heterocycles. The minimum absolute atomic E-state index is 0.0630. The van der Waals surface area contributed by atoms with Crippen molar-refractivity contribution in [1.82, 2.24) is 0 Å². The van der Waals surface area contributed by atoms with Gasteiger partial charge < -0.3 is 9.47 Å². The van der Waals surface area contributed by atoms with Gasteiger partial charge in [-0.15, -0.1) is 0 Å². The predicted octanol–water partition coefficient (Wildman–Crippen LogP) is 0.838. The normalized spacial score (nSPS) is 11.1. The molecular weight excluding hydrogens is 270 g/mol. The van der Waals surface area contributed by atoms with Gasteiger partial charge in [-0.2, -0.15) is 0 Å². The Labute approximate surface area is 112 Å². The maximum Gasteiger partial charge on any atom is 0.310 e. The fourth-order valence-electron chi connectivity index (χ4n) is 1.49. The Morgan fingerprint density at radius 1 is 1.37 bits per heavy atom. The van der Waals surface area contributed by atoms with Crippen LogP contribution in [0.5, 0.6) is 5.75 Å². The van der Waals surface area contributed by atoms with E-state index in [-0.39, 0.29) is 11.3 Å². The van der Waals surface area contributed by atoms with E-state index in [0.29, 0.717) is 17.9 Å². The molecule has 0 aliphatic carbocycles. The fraction of sp³-hybridized carbons (Fsp3) is 0.417. The van der Waals surface area contributed by atoms with Gasteiger partial charge in [-0.1, -0.05) is 6.92 Å². The number of carbonyl (C=O) groups excluding carboxylic acids is 1. The van der Waals surface area contributed by atoms with Gasteiger partial charge in [0.05, 0.1) is 25.0 Å². The van der Waals surface area contributed by atoms with Crippen LogP contribution in [0.4, 0.5) is 0 Å². The standard InChI is InChI=1S/C12H17NO5S/c1-3-6-18-12(14)8-9-7-10(19(13,15)16)4-5-11(9)17-2/h4-5,7H,3,6,8H2,1-2H3,(H2,13,15,16). The first-order valence-electron chi connectivity index (χ1n) is 5.73. The molecule has 0 atom stereocenters. The highest BCUT2D eigenvalue weighted by molar-refractivity contribution is 7.89. The molecule has 0 aliphatic heterocycles. The van der Waals surface area contributed by atoms with Crippen LogP contribution >= 0.6 is 0 Å². The van der Waals surface area contributed by atoms with E-state index in [1.807, 2.05) is 6.92 Å². The number of hydrogen-bond acceptors (Lipinski definition) is 5. The van der Waals surface area contributed by atoms with Crippen LogP contribution in [-0.4, -0.2) is 28.1 Å². The Bertz CT molecular complexity index is 553. The monoisotopic (exact) mass is 287 g/mol. The third-order valence-corrected chi connectivity index (χ3v) is 3.29. The first-order chi connectivity index (χ1) is 8.88. The average molecular weight is 287 g/mol. The molecule has 0 spiro atoms. The summed E-state index contributed by atoms with van der Waals surface area (Å²) >= 11 is 0. The van der Waals surface area contributed by atoms with Crippen LogP contribution in [-0.2, 0) is 26.0 Å². The van der Waals surface area contributed by atoms with Crippen LogP contribution in [0.3, 0.4) is 0 Å². The number of hydrogen-bond donors (Lipinski definition) is 1. The van der Waals surface area contributed by atoms with Crippen LogP contribution in [0.2, 0.25) is 0 Å². The van der Waals surface area contributed by atoms with Crippen molar-refractivity contribution in [2.45, 2.75) is 24.7 Å². The molecule has 106 valence electrons. The van der Waals surface area contributed by atoms with Gasteiger partial charge in [-0.05, 0) is 24.6 Å². The second-order valence-corrected chi connectivity index (χ2v) is 5.48. The summed E-state index contributed by atoms with van der Waals surface area (Å²) in [5.41, 5.74) is 0.426. The van der Waals surface area contributed by atoms with Crippen molar-refractivity contribution in [1.29, 1.82) is 0 Å². The number of primary sulfonamides is 1. The van der Waals surface area contributed by atoms with Crippen molar-refractivity contribution in [3.8, 4) is 5.75 Å². The highest BCUT2D eigenvalue weighted by Gasteiger charge is 2.15. The lowest BCUT2D eigenvalue weighted by Gasteiger charge is -2.10. The number of benzene rings is 1. The smallest absolute Gasteiger partial charge is 0.310 e. The van der Waals surface area contributed by atoms with E-state index >= 15 is 0 Å². The lowest BCUT2D eigenvalue weighted by atomic mass is 10.1. The molecule has 0 unspecified atom stereocenters. The number of nitrogens with two attached hydrogens (primary N) is 1. The van der Waals surface area contributed by atoms with E-state index in [1.54, 1.807) is 0 Å². The summed E-state index contributed by atoms with van der Waals surface area (Å²) in [5.74, 6) is -0.0208. The minimum atomic E-state index is -3.81. The van der Waals surface area contributed by atoms with Crippen LogP contribution in [0.25, 0.3) is 0 Å². The van der Waals surface area contributed by atoms with Crippen LogP contribution in [0.1, 0.15) is 18.9 Å². The molecule has 0 fully saturated rings. The average Bonchev–Trinajstić information content (AvgIpc) is 2.35. The molecule has 0 amide bonds. The molecule has 0 heterocycles. The van der Waals surface area contributed by atoms with Crippen LogP contribution < -0.4 is 9.88 Å². The van der Waals surface area contributed by atoms with Gasteiger partial charge >= 0.3 is 5.97 Å². The molecule has 7 heteroatoms. The Morgan fingerprint density at radius 3 is 2.58 bits per heavy atom. The van der Waals surface area contributed by atoms with Gasteiger partial charge in [0, 0.05) is 5.56 Å². The molecule has 0 aromatic heterocycles. The van der Waals surface area contributed by atoms with Crippen LogP contribution in [0, 0.1) is 0 Å². The maximum absolute atomic E-state index is 11.5. The second kappa shape index (κ2) is 6.53. The molecule has 1 aromatic carbocycles. The zero-order valence-corrected chi connectivity index (χ0v) is 11.7. The van der Waals surface area contributed by atoms with Crippen molar-refractivity contribution < 1.29 is 22.7 Å². The van der Waals surface area contributed by atoms with E-state index < -0.39 is 16.0 Å². The van der Waals surface area contributed by atoms with E-state index in [1.165, 1.54) is 25.3 Å². The number of carbonyl (C=O) groups is 1. The molecule has 0 saturated carbocycles. The third kappa shape index (κ3) is 4.53. The molecule has 6 nitrogen and oxygen atoms in total. The van der Waals surface area contributed by atoms with Gasteiger partial charge in [0.1, 0.15) is 5.75 Å². The Balaban J connectivity index is 3.00. The second-order valence-electron chi connectivity index (χ2n) is 3.92.